The van der Waals surface area contributed by atoms with E-state index in [1.165, 1.54) is 22.5 Å². The van der Waals surface area contributed by atoms with Crippen molar-refractivity contribution in [1.29, 1.82) is 0 Å². The van der Waals surface area contributed by atoms with E-state index in [4.69, 9.17) is 0 Å². The molecule has 0 radical (unpaired) electrons. The highest BCUT2D eigenvalue weighted by Gasteiger charge is 2.16. The second kappa shape index (κ2) is 7.90. The zero-order valence-corrected chi connectivity index (χ0v) is 14.7. The van der Waals surface area contributed by atoms with E-state index in [2.05, 4.69) is 27.4 Å². The van der Waals surface area contributed by atoms with Gasteiger partial charge in [0.05, 0.1) is 5.69 Å². The summed E-state index contributed by atoms with van der Waals surface area (Å²) in [4.78, 5) is 20.1. The van der Waals surface area contributed by atoms with Crippen LogP contribution < -0.4 is 5.32 Å². The maximum atomic E-state index is 11.3. The number of nitrogens with zero attached hydrogens (tertiary/aromatic N) is 2. The van der Waals surface area contributed by atoms with Gasteiger partial charge in [-0.15, -0.1) is 0 Å². The third-order valence-corrected chi connectivity index (χ3v) is 4.74. The summed E-state index contributed by atoms with van der Waals surface area (Å²) < 4.78 is 0. The summed E-state index contributed by atoms with van der Waals surface area (Å²) in [6.45, 7) is 2.01. The first-order valence-electron chi connectivity index (χ1n) is 8.13. The lowest BCUT2D eigenvalue weighted by Crippen LogP contribution is -1.98. The summed E-state index contributed by atoms with van der Waals surface area (Å²) in [6, 6.07) is 12.1. The van der Waals surface area contributed by atoms with E-state index < -0.39 is 5.97 Å². The Labute approximate surface area is 150 Å². The summed E-state index contributed by atoms with van der Waals surface area (Å²) in [5, 5.41) is 13.1. The molecule has 0 spiro atoms. The fourth-order valence-corrected chi connectivity index (χ4v) is 3.42. The standard InChI is InChI=1S/C19H19N3O2S/c1-2-3-16-17(18(23)24)25-19(22-16)21-15-6-4-13(5-7-15)12-14-8-10-20-11-9-14/h4-11H,2-3,12H2,1H3,(H,21,22)(H,23,24). The van der Waals surface area contributed by atoms with Crippen LogP contribution in [0.25, 0.3) is 0 Å². The van der Waals surface area contributed by atoms with Crippen molar-refractivity contribution in [2.75, 3.05) is 5.32 Å². The molecule has 0 aliphatic rings. The van der Waals surface area contributed by atoms with Crippen LogP contribution in [0.5, 0.6) is 0 Å². The molecule has 2 N–H and O–H groups in total. The fraction of sp³-hybridized carbons (Fsp3) is 0.211. The number of carboxylic acids is 1. The largest absolute Gasteiger partial charge is 0.477 e. The number of hydrogen-bond acceptors (Lipinski definition) is 5. The van der Waals surface area contributed by atoms with E-state index in [-0.39, 0.29) is 0 Å². The third-order valence-electron chi connectivity index (χ3n) is 3.74. The number of thiazole rings is 1. The van der Waals surface area contributed by atoms with Crippen molar-refractivity contribution in [2.45, 2.75) is 26.2 Å². The predicted molar refractivity (Wildman–Crippen MR) is 99.8 cm³/mol. The molecule has 3 aromatic rings. The van der Waals surface area contributed by atoms with Crippen LogP contribution in [0.4, 0.5) is 10.8 Å². The van der Waals surface area contributed by atoms with Gasteiger partial charge in [-0.25, -0.2) is 9.78 Å². The summed E-state index contributed by atoms with van der Waals surface area (Å²) in [7, 11) is 0. The molecular weight excluding hydrogens is 334 g/mol. The Morgan fingerprint density at radius 2 is 1.80 bits per heavy atom. The lowest BCUT2D eigenvalue weighted by atomic mass is 10.1. The molecule has 5 nitrogen and oxygen atoms in total. The quantitative estimate of drug-likeness (QED) is 0.653. The number of aromatic carboxylic acids is 1. The van der Waals surface area contributed by atoms with Crippen LogP contribution in [0.15, 0.2) is 48.8 Å². The first kappa shape index (κ1) is 17.1. The number of aromatic nitrogens is 2. The molecular formula is C19H19N3O2S. The Hall–Kier alpha value is -2.73. The Balaban J connectivity index is 1.71. The van der Waals surface area contributed by atoms with Crippen LogP contribution >= 0.6 is 11.3 Å². The fourth-order valence-electron chi connectivity index (χ4n) is 2.54. The predicted octanol–water partition coefficient (Wildman–Crippen LogP) is 4.52. The number of rotatable bonds is 7. The van der Waals surface area contributed by atoms with E-state index in [0.717, 1.165) is 18.5 Å². The van der Waals surface area contributed by atoms with Crippen molar-refractivity contribution in [3.63, 3.8) is 0 Å². The number of anilines is 2. The van der Waals surface area contributed by atoms with Gasteiger partial charge in [0.25, 0.3) is 0 Å². The maximum Gasteiger partial charge on any atom is 0.347 e. The molecule has 0 fully saturated rings. The molecule has 0 saturated heterocycles. The SMILES string of the molecule is CCCc1nc(Nc2ccc(Cc3ccncc3)cc2)sc1C(=O)O. The summed E-state index contributed by atoms with van der Waals surface area (Å²) >= 11 is 1.18. The van der Waals surface area contributed by atoms with Gasteiger partial charge in [0.15, 0.2) is 5.13 Å². The lowest BCUT2D eigenvalue weighted by Gasteiger charge is -2.05. The molecule has 25 heavy (non-hydrogen) atoms. The molecule has 6 heteroatoms. The lowest BCUT2D eigenvalue weighted by molar-refractivity contribution is 0.0700. The van der Waals surface area contributed by atoms with Gasteiger partial charge < -0.3 is 10.4 Å². The highest BCUT2D eigenvalue weighted by Crippen LogP contribution is 2.27. The molecule has 0 atom stereocenters. The number of carbonyl (C=O) groups is 1. The van der Waals surface area contributed by atoms with Crippen LogP contribution in [0.1, 0.15) is 39.8 Å². The van der Waals surface area contributed by atoms with Gasteiger partial charge in [0.2, 0.25) is 0 Å². The number of benzene rings is 1. The van der Waals surface area contributed by atoms with Gasteiger partial charge in [-0.1, -0.05) is 36.8 Å². The number of aryl methyl sites for hydroxylation is 1. The second-order valence-corrected chi connectivity index (χ2v) is 6.70. The number of nitrogens with one attached hydrogen (secondary N) is 1. The molecule has 2 heterocycles. The highest BCUT2D eigenvalue weighted by atomic mass is 32.1. The zero-order valence-electron chi connectivity index (χ0n) is 13.9. The topological polar surface area (TPSA) is 75.1 Å². The van der Waals surface area contributed by atoms with Crippen molar-refractivity contribution in [3.05, 3.63) is 70.5 Å². The molecule has 0 aliphatic carbocycles. The highest BCUT2D eigenvalue weighted by molar-refractivity contribution is 7.17. The molecule has 3 rings (SSSR count). The van der Waals surface area contributed by atoms with Crippen LogP contribution in [-0.4, -0.2) is 21.0 Å². The Morgan fingerprint density at radius 1 is 1.12 bits per heavy atom. The monoisotopic (exact) mass is 353 g/mol. The van der Waals surface area contributed by atoms with Gasteiger partial charge in [0, 0.05) is 18.1 Å². The average Bonchev–Trinajstić information content (AvgIpc) is 3.01. The van der Waals surface area contributed by atoms with E-state index in [0.29, 0.717) is 22.1 Å². The summed E-state index contributed by atoms with van der Waals surface area (Å²) in [6.07, 6.45) is 5.98. The number of carboxylic acid groups (broad SMARTS) is 1. The average molecular weight is 353 g/mol. The molecule has 128 valence electrons. The number of hydrogen-bond donors (Lipinski definition) is 2. The zero-order chi connectivity index (χ0) is 17.6. The molecule has 2 aromatic heterocycles. The van der Waals surface area contributed by atoms with Crippen molar-refractivity contribution >= 4 is 28.1 Å². The molecule has 0 aliphatic heterocycles. The Bertz CT molecular complexity index is 845. The summed E-state index contributed by atoms with van der Waals surface area (Å²) in [5.41, 5.74) is 3.96. The van der Waals surface area contributed by atoms with Crippen molar-refractivity contribution < 1.29 is 9.90 Å². The smallest absolute Gasteiger partial charge is 0.347 e. The van der Waals surface area contributed by atoms with E-state index in [9.17, 15) is 9.90 Å². The first-order valence-corrected chi connectivity index (χ1v) is 8.95. The maximum absolute atomic E-state index is 11.3. The first-order chi connectivity index (χ1) is 12.2. The summed E-state index contributed by atoms with van der Waals surface area (Å²) in [5.74, 6) is -0.915. The molecule has 0 amide bonds. The van der Waals surface area contributed by atoms with E-state index in [1.807, 2.05) is 31.2 Å². The van der Waals surface area contributed by atoms with Gasteiger partial charge in [-0.2, -0.15) is 0 Å². The van der Waals surface area contributed by atoms with Crippen molar-refractivity contribution in [3.8, 4) is 0 Å². The van der Waals surface area contributed by atoms with E-state index in [1.54, 1.807) is 12.4 Å². The minimum atomic E-state index is -0.915. The van der Waals surface area contributed by atoms with Crippen LogP contribution in [0.2, 0.25) is 0 Å². The normalized spacial score (nSPS) is 10.6. The second-order valence-electron chi connectivity index (χ2n) is 5.70. The minimum Gasteiger partial charge on any atom is -0.477 e. The van der Waals surface area contributed by atoms with Gasteiger partial charge in [0.1, 0.15) is 4.88 Å². The molecule has 0 saturated carbocycles. The van der Waals surface area contributed by atoms with E-state index >= 15 is 0 Å². The van der Waals surface area contributed by atoms with Crippen LogP contribution in [-0.2, 0) is 12.8 Å². The molecule has 1 aromatic carbocycles. The van der Waals surface area contributed by atoms with Crippen molar-refractivity contribution in [2.24, 2.45) is 0 Å². The number of pyridine rings is 1. The molecule has 0 bridgehead atoms. The minimum absolute atomic E-state index is 0.318. The van der Waals surface area contributed by atoms with Gasteiger partial charge in [-0.05, 0) is 48.2 Å². The third kappa shape index (κ3) is 4.42. The van der Waals surface area contributed by atoms with Crippen molar-refractivity contribution in [1.82, 2.24) is 9.97 Å². The van der Waals surface area contributed by atoms with Gasteiger partial charge in [-0.3, -0.25) is 4.98 Å². The molecule has 0 unspecified atom stereocenters. The van der Waals surface area contributed by atoms with Crippen LogP contribution in [0, 0.1) is 0 Å². The van der Waals surface area contributed by atoms with Gasteiger partial charge >= 0.3 is 5.97 Å². The Morgan fingerprint density at radius 3 is 2.44 bits per heavy atom. The van der Waals surface area contributed by atoms with Crippen LogP contribution in [0.3, 0.4) is 0 Å². The Kier molecular flexibility index (Phi) is 5.40.